The number of rotatable bonds is 0. The summed E-state index contributed by atoms with van der Waals surface area (Å²) in [6, 6.07) is -1.47. The van der Waals surface area contributed by atoms with Crippen LogP contribution in [0.3, 0.4) is 0 Å². The van der Waals surface area contributed by atoms with E-state index in [4.69, 9.17) is 0 Å². The third-order valence-corrected chi connectivity index (χ3v) is 1.29. The number of hydrogen-bond donors (Lipinski definition) is 1. The van der Waals surface area contributed by atoms with Crippen LogP contribution >= 0.6 is 0 Å². The van der Waals surface area contributed by atoms with Gasteiger partial charge in [-0.3, -0.25) is 4.99 Å². The van der Waals surface area contributed by atoms with Gasteiger partial charge in [0.2, 0.25) is 0 Å². The summed E-state index contributed by atoms with van der Waals surface area (Å²) in [4.78, 5) is 3.57. The molecule has 1 rings (SSSR count). The number of nitrogens with zero attached hydrogens (tertiary/aromatic N) is 1. The van der Waals surface area contributed by atoms with Crippen molar-refractivity contribution in [1.82, 2.24) is 5.32 Å². The smallest absolute Gasteiger partial charge is 0.361 e. The summed E-state index contributed by atoms with van der Waals surface area (Å²) in [7, 11) is 0. The van der Waals surface area contributed by atoms with Gasteiger partial charge in [0.05, 0.1) is 12.4 Å². The van der Waals surface area contributed by atoms with Crippen LogP contribution in [-0.2, 0) is 0 Å². The average molecular weight is 152 g/mol. The maximum atomic E-state index is 11.8. The van der Waals surface area contributed by atoms with E-state index < -0.39 is 12.2 Å². The van der Waals surface area contributed by atoms with Crippen LogP contribution in [0.1, 0.15) is 6.92 Å². The van der Waals surface area contributed by atoms with Gasteiger partial charge in [0, 0.05) is 0 Å². The zero-order valence-corrected chi connectivity index (χ0v) is 5.37. The Bertz CT molecular complexity index is 161. The van der Waals surface area contributed by atoms with Gasteiger partial charge in [-0.05, 0) is 6.92 Å². The molecule has 0 radical (unpaired) electrons. The Morgan fingerprint density at radius 1 is 1.60 bits per heavy atom. The molecule has 0 amide bonds. The highest BCUT2D eigenvalue weighted by Crippen LogP contribution is 2.22. The van der Waals surface area contributed by atoms with Crippen LogP contribution in [0, 0.1) is 0 Å². The maximum Gasteiger partial charge on any atom is 0.410 e. The van der Waals surface area contributed by atoms with Crippen molar-refractivity contribution in [3.8, 4) is 0 Å². The van der Waals surface area contributed by atoms with E-state index in [9.17, 15) is 13.2 Å². The van der Waals surface area contributed by atoms with Crippen molar-refractivity contribution < 1.29 is 13.2 Å². The fourth-order valence-corrected chi connectivity index (χ4v) is 0.757. The van der Waals surface area contributed by atoms with Crippen molar-refractivity contribution in [3.05, 3.63) is 0 Å². The van der Waals surface area contributed by atoms with Crippen molar-refractivity contribution in [1.29, 1.82) is 0 Å². The largest absolute Gasteiger partial charge is 0.410 e. The van der Waals surface area contributed by atoms with Crippen molar-refractivity contribution in [2.24, 2.45) is 4.99 Å². The first-order chi connectivity index (χ1) is 4.50. The van der Waals surface area contributed by atoms with Crippen LogP contribution in [0.25, 0.3) is 0 Å². The molecule has 0 aromatic carbocycles. The Balaban J connectivity index is 2.50. The molecule has 0 aromatic rings. The fraction of sp³-hybridized carbons (Fsp3) is 0.800. The Labute approximate surface area is 56.1 Å². The van der Waals surface area contributed by atoms with Crippen molar-refractivity contribution >= 4 is 5.84 Å². The summed E-state index contributed by atoms with van der Waals surface area (Å²) in [5.74, 6) is 0.363. The van der Waals surface area contributed by atoms with Gasteiger partial charge in [-0.25, -0.2) is 0 Å². The van der Waals surface area contributed by atoms with Gasteiger partial charge in [-0.1, -0.05) is 0 Å². The molecule has 5 heteroatoms. The van der Waals surface area contributed by atoms with Gasteiger partial charge in [0.1, 0.15) is 6.04 Å². The number of aliphatic imine (C=N–C) groups is 1. The van der Waals surface area contributed by atoms with E-state index in [2.05, 4.69) is 10.3 Å². The molecule has 0 bridgehead atoms. The molecule has 0 fully saturated rings. The lowest BCUT2D eigenvalue weighted by Gasteiger charge is -2.13. The first-order valence-electron chi connectivity index (χ1n) is 2.84. The first-order valence-corrected chi connectivity index (χ1v) is 2.84. The Kier molecular flexibility index (Phi) is 1.58. The highest BCUT2D eigenvalue weighted by atomic mass is 19.4. The number of halogens is 3. The molecular weight excluding hydrogens is 145 g/mol. The lowest BCUT2D eigenvalue weighted by molar-refractivity contribution is -0.147. The highest BCUT2D eigenvalue weighted by Gasteiger charge is 2.41. The second-order valence-electron chi connectivity index (χ2n) is 2.16. The molecule has 1 atom stereocenters. The molecule has 0 saturated carbocycles. The molecule has 0 aromatic heterocycles. The number of hydrogen-bond acceptors (Lipinski definition) is 2. The van der Waals surface area contributed by atoms with E-state index in [0.717, 1.165) is 0 Å². The summed E-state index contributed by atoms with van der Waals surface area (Å²) < 4.78 is 35.4. The predicted octanol–water partition coefficient (Wildman–Crippen LogP) is 0.939. The van der Waals surface area contributed by atoms with E-state index >= 15 is 0 Å². The summed E-state index contributed by atoms with van der Waals surface area (Å²) in [6.45, 7) is 1.33. The van der Waals surface area contributed by atoms with Crippen molar-refractivity contribution in [3.63, 3.8) is 0 Å². The monoisotopic (exact) mass is 152 g/mol. The topological polar surface area (TPSA) is 24.4 Å². The van der Waals surface area contributed by atoms with E-state index in [0.29, 0.717) is 5.84 Å². The quantitative estimate of drug-likeness (QED) is 0.548. The Morgan fingerprint density at radius 2 is 2.20 bits per heavy atom. The van der Waals surface area contributed by atoms with Gasteiger partial charge >= 0.3 is 6.18 Å². The van der Waals surface area contributed by atoms with Crippen LogP contribution in [0.15, 0.2) is 4.99 Å². The maximum absolute atomic E-state index is 11.8. The Hall–Kier alpha value is -0.740. The van der Waals surface area contributed by atoms with E-state index in [1.165, 1.54) is 6.92 Å². The van der Waals surface area contributed by atoms with Crippen LogP contribution in [0.2, 0.25) is 0 Å². The van der Waals surface area contributed by atoms with Crippen LogP contribution in [0.5, 0.6) is 0 Å². The van der Waals surface area contributed by atoms with Crippen molar-refractivity contribution in [2.45, 2.75) is 19.1 Å². The van der Waals surface area contributed by atoms with E-state index in [1.54, 1.807) is 0 Å². The molecule has 1 heterocycles. The molecular formula is C5H7F3N2. The highest BCUT2D eigenvalue weighted by molar-refractivity contribution is 5.81. The second kappa shape index (κ2) is 2.14. The molecule has 1 aliphatic heterocycles. The predicted molar refractivity (Wildman–Crippen MR) is 31.0 cm³/mol. The van der Waals surface area contributed by atoms with Crippen LogP contribution < -0.4 is 5.32 Å². The van der Waals surface area contributed by atoms with Crippen LogP contribution in [0.4, 0.5) is 13.2 Å². The number of nitrogens with one attached hydrogen (secondary N) is 1. The SMILES string of the molecule is CC1=NCC(C(F)(F)F)N1. The lowest BCUT2D eigenvalue weighted by atomic mass is 10.3. The molecule has 1 N–H and O–H groups in total. The van der Waals surface area contributed by atoms with Crippen LogP contribution in [-0.4, -0.2) is 24.6 Å². The van der Waals surface area contributed by atoms with Gasteiger partial charge < -0.3 is 5.32 Å². The average Bonchev–Trinajstić information content (AvgIpc) is 2.11. The summed E-state index contributed by atoms with van der Waals surface area (Å²) in [6.07, 6.45) is -4.17. The minimum absolute atomic E-state index is 0.185. The zero-order chi connectivity index (χ0) is 7.78. The van der Waals surface area contributed by atoms with Gasteiger partial charge in [0.15, 0.2) is 0 Å². The molecule has 0 spiro atoms. The number of amidine groups is 1. The second-order valence-corrected chi connectivity index (χ2v) is 2.16. The lowest BCUT2D eigenvalue weighted by Crippen LogP contribution is -2.41. The molecule has 2 nitrogen and oxygen atoms in total. The molecule has 58 valence electrons. The molecule has 1 aliphatic rings. The third-order valence-electron chi connectivity index (χ3n) is 1.29. The summed E-state index contributed by atoms with van der Waals surface area (Å²) >= 11 is 0. The molecule has 0 saturated heterocycles. The van der Waals surface area contributed by atoms with Gasteiger partial charge in [-0.2, -0.15) is 13.2 Å². The van der Waals surface area contributed by atoms with Gasteiger partial charge in [-0.15, -0.1) is 0 Å². The van der Waals surface area contributed by atoms with Crippen molar-refractivity contribution in [2.75, 3.05) is 6.54 Å². The number of alkyl halides is 3. The Morgan fingerprint density at radius 3 is 2.40 bits per heavy atom. The summed E-state index contributed by atoms with van der Waals surface area (Å²) in [5.41, 5.74) is 0. The normalized spacial score (nSPS) is 26.0. The third kappa shape index (κ3) is 1.40. The standard InChI is InChI=1S/C5H7F3N2/c1-3-9-2-4(10-3)5(6,7)8/h4H,2H2,1H3,(H,9,10). The van der Waals surface area contributed by atoms with E-state index in [1.807, 2.05) is 0 Å². The fourth-order valence-electron chi connectivity index (χ4n) is 0.757. The summed E-state index contributed by atoms with van der Waals surface area (Å²) in [5, 5.41) is 2.22. The first kappa shape index (κ1) is 7.37. The van der Waals surface area contributed by atoms with Gasteiger partial charge in [0.25, 0.3) is 0 Å². The zero-order valence-electron chi connectivity index (χ0n) is 5.37. The minimum atomic E-state index is -4.17. The van der Waals surface area contributed by atoms with E-state index in [-0.39, 0.29) is 6.54 Å². The molecule has 10 heavy (non-hydrogen) atoms. The molecule has 1 unspecified atom stereocenters. The molecule has 0 aliphatic carbocycles. The minimum Gasteiger partial charge on any atom is -0.361 e.